The summed E-state index contributed by atoms with van der Waals surface area (Å²) >= 11 is 0. The van der Waals surface area contributed by atoms with E-state index in [0.29, 0.717) is 25.3 Å². The van der Waals surface area contributed by atoms with Gasteiger partial charge in [-0.25, -0.2) is 4.98 Å². The minimum Gasteiger partial charge on any atom is -0.472 e. The van der Waals surface area contributed by atoms with Crippen molar-refractivity contribution < 1.29 is 14.3 Å². The summed E-state index contributed by atoms with van der Waals surface area (Å²) in [5.74, 6) is 2.13. The Bertz CT molecular complexity index is 1160. The summed E-state index contributed by atoms with van der Waals surface area (Å²) in [5.41, 5.74) is 2.84. The second kappa shape index (κ2) is 7.87. The maximum atomic E-state index is 11.3. The predicted octanol–water partition coefficient (Wildman–Crippen LogP) is 4.07. The van der Waals surface area contributed by atoms with Gasteiger partial charge in [-0.3, -0.25) is 9.89 Å². The second-order valence-electron chi connectivity index (χ2n) is 7.18. The number of pyridine rings is 1. The SMILES string of the molecule is O=C1CCC(Oc2ccc3cc(Oc4ccc(-c5ccn[nH]5)cc4)ccc3n2)CN1. The van der Waals surface area contributed by atoms with E-state index >= 15 is 0 Å². The molecule has 2 aromatic carbocycles. The third kappa shape index (κ3) is 3.96. The maximum Gasteiger partial charge on any atom is 0.220 e. The first-order valence-corrected chi connectivity index (χ1v) is 9.85. The van der Waals surface area contributed by atoms with E-state index in [9.17, 15) is 4.79 Å². The van der Waals surface area contributed by atoms with Crippen molar-refractivity contribution in [2.45, 2.75) is 18.9 Å². The summed E-state index contributed by atoms with van der Waals surface area (Å²) < 4.78 is 11.9. The van der Waals surface area contributed by atoms with Gasteiger partial charge in [0.15, 0.2) is 0 Å². The fourth-order valence-corrected chi connectivity index (χ4v) is 3.45. The zero-order chi connectivity index (χ0) is 20.3. The number of amides is 1. The van der Waals surface area contributed by atoms with Crippen molar-refractivity contribution in [3.8, 4) is 28.6 Å². The number of nitrogens with one attached hydrogen (secondary N) is 2. The van der Waals surface area contributed by atoms with Crippen LogP contribution in [0.25, 0.3) is 22.2 Å². The Kier molecular flexibility index (Phi) is 4.77. The average Bonchev–Trinajstić information content (AvgIpc) is 3.31. The summed E-state index contributed by atoms with van der Waals surface area (Å²) in [6, 6.07) is 19.3. The number of aromatic amines is 1. The fraction of sp³-hybridized carbons (Fsp3) is 0.174. The molecule has 3 heterocycles. The number of ether oxygens (including phenoxy) is 2. The lowest BCUT2D eigenvalue weighted by Gasteiger charge is -2.23. The quantitative estimate of drug-likeness (QED) is 0.527. The van der Waals surface area contributed by atoms with Gasteiger partial charge in [-0.15, -0.1) is 0 Å². The van der Waals surface area contributed by atoms with Crippen LogP contribution in [-0.2, 0) is 4.79 Å². The first-order valence-electron chi connectivity index (χ1n) is 9.85. The van der Waals surface area contributed by atoms with E-state index in [1.165, 1.54) is 0 Å². The highest BCUT2D eigenvalue weighted by Gasteiger charge is 2.19. The molecule has 1 aliphatic heterocycles. The van der Waals surface area contributed by atoms with Gasteiger partial charge in [-0.2, -0.15) is 5.10 Å². The van der Waals surface area contributed by atoms with Gasteiger partial charge >= 0.3 is 0 Å². The van der Waals surface area contributed by atoms with Crippen LogP contribution in [0.2, 0.25) is 0 Å². The van der Waals surface area contributed by atoms with Crippen molar-refractivity contribution in [3.63, 3.8) is 0 Å². The number of carbonyl (C=O) groups excluding carboxylic acids is 1. The van der Waals surface area contributed by atoms with Crippen LogP contribution in [0, 0.1) is 0 Å². The lowest BCUT2D eigenvalue weighted by Crippen LogP contribution is -2.40. The van der Waals surface area contributed by atoms with Gasteiger partial charge in [0.05, 0.1) is 17.8 Å². The van der Waals surface area contributed by atoms with Gasteiger partial charge in [-0.1, -0.05) is 0 Å². The van der Waals surface area contributed by atoms with Crippen LogP contribution in [0.1, 0.15) is 12.8 Å². The molecule has 1 aliphatic rings. The molecule has 4 aromatic rings. The van der Waals surface area contributed by atoms with Gasteiger partial charge in [0.25, 0.3) is 0 Å². The number of H-pyrrole nitrogens is 1. The van der Waals surface area contributed by atoms with Crippen LogP contribution in [-0.4, -0.2) is 33.7 Å². The van der Waals surface area contributed by atoms with Gasteiger partial charge in [0.1, 0.15) is 17.6 Å². The molecule has 2 N–H and O–H groups in total. The standard InChI is InChI=1S/C23H20N4O3/c28-22-9-7-19(14-24-22)30-23-10-3-16-13-18(6-8-20(16)26-23)29-17-4-1-15(2-5-17)21-11-12-25-27-21/h1-6,8,10-13,19H,7,9,14H2,(H,24,28)(H,25,27). The smallest absolute Gasteiger partial charge is 0.220 e. The average molecular weight is 400 g/mol. The molecule has 5 rings (SSSR count). The molecular formula is C23H20N4O3. The van der Waals surface area contributed by atoms with Crippen molar-refractivity contribution in [1.82, 2.24) is 20.5 Å². The number of rotatable bonds is 5. The zero-order valence-corrected chi connectivity index (χ0v) is 16.2. The topological polar surface area (TPSA) is 89.1 Å². The van der Waals surface area contributed by atoms with Gasteiger partial charge < -0.3 is 14.8 Å². The molecule has 0 bridgehead atoms. The molecule has 0 aliphatic carbocycles. The monoisotopic (exact) mass is 400 g/mol. The normalized spacial score (nSPS) is 16.3. The number of hydrogen-bond acceptors (Lipinski definition) is 5. The Morgan fingerprint density at radius 3 is 2.60 bits per heavy atom. The predicted molar refractivity (Wildman–Crippen MR) is 113 cm³/mol. The van der Waals surface area contributed by atoms with E-state index in [1.807, 2.05) is 60.7 Å². The summed E-state index contributed by atoms with van der Waals surface area (Å²) in [6.45, 7) is 0.518. The highest BCUT2D eigenvalue weighted by molar-refractivity contribution is 5.81. The Morgan fingerprint density at radius 1 is 0.967 bits per heavy atom. The van der Waals surface area contributed by atoms with Crippen molar-refractivity contribution in [1.29, 1.82) is 0 Å². The number of carbonyl (C=O) groups is 1. The number of piperidine rings is 1. The minimum absolute atomic E-state index is 0.0417. The van der Waals surface area contributed by atoms with Crippen LogP contribution in [0.3, 0.4) is 0 Å². The summed E-state index contributed by atoms with van der Waals surface area (Å²) in [5, 5.41) is 10.7. The maximum absolute atomic E-state index is 11.3. The van der Waals surface area contributed by atoms with Crippen LogP contribution in [0.4, 0.5) is 0 Å². The highest BCUT2D eigenvalue weighted by atomic mass is 16.5. The fourth-order valence-electron chi connectivity index (χ4n) is 3.45. The molecule has 1 amide bonds. The van der Waals surface area contributed by atoms with E-state index in [0.717, 1.165) is 33.7 Å². The Morgan fingerprint density at radius 2 is 1.83 bits per heavy atom. The number of hydrogen-bond donors (Lipinski definition) is 2. The lowest BCUT2D eigenvalue weighted by molar-refractivity contribution is -0.123. The first kappa shape index (κ1) is 18.2. The Balaban J connectivity index is 1.28. The molecule has 1 unspecified atom stereocenters. The molecule has 0 radical (unpaired) electrons. The van der Waals surface area contributed by atoms with Gasteiger partial charge in [0.2, 0.25) is 11.8 Å². The van der Waals surface area contributed by atoms with E-state index in [1.54, 1.807) is 6.20 Å². The minimum atomic E-state index is -0.0417. The molecule has 0 spiro atoms. The number of fused-ring (bicyclic) bond motifs is 1. The summed E-state index contributed by atoms with van der Waals surface area (Å²) in [4.78, 5) is 15.8. The third-order valence-corrected chi connectivity index (χ3v) is 5.04. The largest absolute Gasteiger partial charge is 0.472 e. The first-order chi connectivity index (χ1) is 14.7. The van der Waals surface area contributed by atoms with E-state index in [-0.39, 0.29) is 12.0 Å². The van der Waals surface area contributed by atoms with Crippen LogP contribution >= 0.6 is 0 Å². The summed E-state index contributed by atoms with van der Waals surface area (Å²) in [7, 11) is 0. The van der Waals surface area contributed by atoms with E-state index in [4.69, 9.17) is 9.47 Å². The van der Waals surface area contributed by atoms with Crippen molar-refractivity contribution >= 4 is 16.8 Å². The van der Waals surface area contributed by atoms with Crippen molar-refractivity contribution in [2.75, 3.05) is 6.54 Å². The van der Waals surface area contributed by atoms with Crippen molar-refractivity contribution in [2.24, 2.45) is 0 Å². The van der Waals surface area contributed by atoms with E-state index in [2.05, 4.69) is 20.5 Å². The number of benzene rings is 2. The van der Waals surface area contributed by atoms with Gasteiger partial charge in [-0.05, 0) is 66.6 Å². The van der Waals surface area contributed by atoms with Gasteiger partial charge in [0, 0.05) is 24.1 Å². The van der Waals surface area contributed by atoms with Crippen LogP contribution in [0.15, 0.2) is 66.9 Å². The van der Waals surface area contributed by atoms with Crippen molar-refractivity contribution in [3.05, 3.63) is 66.9 Å². The van der Waals surface area contributed by atoms with E-state index < -0.39 is 0 Å². The Hall–Kier alpha value is -3.87. The molecule has 30 heavy (non-hydrogen) atoms. The molecule has 7 nitrogen and oxygen atoms in total. The molecule has 1 atom stereocenters. The zero-order valence-electron chi connectivity index (χ0n) is 16.2. The second-order valence-corrected chi connectivity index (χ2v) is 7.18. The molecule has 1 fully saturated rings. The van der Waals surface area contributed by atoms with Crippen LogP contribution < -0.4 is 14.8 Å². The lowest BCUT2D eigenvalue weighted by atomic mass is 10.1. The highest BCUT2D eigenvalue weighted by Crippen LogP contribution is 2.28. The molecule has 2 aromatic heterocycles. The number of nitrogens with zero attached hydrogens (tertiary/aromatic N) is 2. The summed E-state index contributed by atoms with van der Waals surface area (Å²) in [6.07, 6.45) is 2.88. The third-order valence-electron chi connectivity index (χ3n) is 5.04. The van der Waals surface area contributed by atoms with Crippen LogP contribution in [0.5, 0.6) is 17.4 Å². The molecular weight excluding hydrogens is 380 g/mol. The molecule has 1 saturated heterocycles. The molecule has 0 saturated carbocycles. The molecule has 150 valence electrons. The number of aromatic nitrogens is 3. The Labute approximate surface area is 173 Å². The molecule has 7 heteroatoms.